The van der Waals surface area contributed by atoms with E-state index in [4.69, 9.17) is 11.6 Å². The third-order valence-electron chi connectivity index (χ3n) is 2.78. The van der Waals surface area contributed by atoms with Crippen LogP contribution in [0.2, 0.25) is 0 Å². The first kappa shape index (κ1) is 10.2. The Morgan fingerprint density at radius 1 is 1.38 bits per heavy atom. The Bertz CT molecular complexity index is 172. The van der Waals surface area contributed by atoms with E-state index in [1.54, 1.807) is 0 Å². The lowest BCUT2D eigenvalue weighted by molar-refractivity contribution is 0.249. The van der Waals surface area contributed by atoms with E-state index in [2.05, 4.69) is 16.9 Å². The van der Waals surface area contributed by atoms with Gasteiger partial charge in [-0.2, -0.15) is 0 Å². The Hall–Kier alpha value is -0.930. The molecule has 0 aliphatic heterocycles. The summed E-state index contributed by atoms with van der Waals surface area (Å²) in [6, 6.07) is 0.561. The SMILES string of the molecule is CCN(C(N)=NN)C1CCCCC1. The van der Waals surface area contributed by atoms with Crippen molar-refractivity contribution in [2.45, 2.75) is 45.1 Å². The van der Waals surface area contributed by atoms with Crippen LogP contribution in [0.1, 0.15) is 39.0 Å². The summed E-state index contributed by atoms with van der Waals surface area (Å²) in [5.74, 6) is 5.66. The van der Waals surface area contributed by atoms with Crippen LogP contribution in [-0.4, -0.2) is 23.4 Å². The quantitative estimate of drug-likeness (QED) is 0.289. The van der Waals surface area contributed by atoms with E-state index in [9.17, 15) is 0 Å². The summed E-state index contributed by atoms with van der Waals surface area (Å²) in [4.78, 5) is 2.11. The molecule has 0 spiro atoms. The molecule has 1 fully saturated rings. The van der Waals surface area contributed by atoms with Crippen molar-refractivity contribution in [1.29, 1.82) is 0 Å². The first-order valence-corrected chi connectivity index (χ1v) is 5.09. The van der Waals surface area contributed by atoms with Crippen LogP contribution in [0.5, 0.6) is 0 Å². The summed E-state index contributed by atoms with van der Waals surface area (Å²) in [7, 11) is 0. The van der Waals surface area contributed by atoms with Crippen molar-refractivity contribution in [1.82, 2.24) is 4.90 Å². The molecule has 76 valence electrons. The normalized spacial score (nSPS) is 20.2. The van der Waals surface area contributed by atoms with Crippen LogP contribution in [0, 0.1) is 0 Å². The van der Waals surface area contributed by atoms with Crippen LogP contribution in [0.15, 0.2) is 5.10 Å². The smallest absolute Gasteiger partial charge is 0.213 e. The lowest BCUT2D eigenvalue weighted by Gasteiger charge is -2.33. The summed E-state index contributed by atoms with van der Waals surface area (Å²) < 4.78 is 0. The van der Waals surface area contributed by atoms with Crippen LogP contribution in [0.25, 0.3) is 0 Å². The minimum atomic E-state index is 0.481. The van der Waals surface area contributed by atoms with E-state index in [-0.39, 0.29) is 0 Å². The molecule has 1 saturated carbocycles. The van der Waals surface area contributed by atoms with Gasteiger partial charge in [-0.15, -0.1) is 5.10 Å². The van der Waals surface area contributed by atoms with E-state index < -0.39 is 0 Å². The molecule has 0 heterocycles. The maximum atomic E-state index is 5.71. The maximum Gasteiger partial charge on any atom is 0.213 e. The van der Waals surface area contributed by atoms with Crippen molar-refractivity contribution in [2.24, 2.45) is 16.7 Å². The largest absolute Gasteiger partial charge is 0.368 e. The van der Waals surface area contributed by atoms with Crippen molar-refractivity contribution in [3.8, 4) is 0 Å². The second-order valence-corrected chi connectivity index (χ2v) is 3.57. The van der Waals surface area contributed by atoms with Gasteiger partial charge in [0.25, 0.3) is 0 Å². The van der Waals surface area contributed by atoms with Gasteiger partial charge in [-0.25, -0.2) is 0 Å². The molecule has 1 aliphatic carbocycles. The molecule has 4 heteroatoms. The number of nitrogens with zero attached hydrogens (tertiary/aromatic N) is 2. The maximum absolute atomic E-state index is 5.71. The number of hydrazone groups is 1. The van der Waals surface area contributed by atoms with Gasteiger partial charge in [0.05, 0.1) is 0 Å². The van der Waals surface area contributed by atoms with Gasteiger partial charge in [-0.3, -0.25) is 0 Å². The van der Waals surface area contributed by atoms with Gasteiger partial charge in [-0.05, 0) is 19.8 Å². The second kappa shape index (κ2) is 4.94. The van der Waals surface area contributed by atoms with Crippen LogP contribution in [0.4, 0.5) is 0 Å². The van der Waals surface area contributed by atoms with Gasteiger partial charge in [0.1, 0.15) is 0 Å². The van der Waals surface area contributed by atoms with E-state index in [1.165, 1.54) is 32.1 Å². The molecule has 1 rings (SSSR count). The van der Waals surface area contributed by atoms with Crippen molar-refractivity contribution < 1.29 is 0 Å². The third kappa shape index (κ3) is 2.50. The average Bonchev–Trinajstić information content (AvgIpc) is 2.20. The van der Waals surface area contributed by atoms with Crippen molar-refractivity contribution >= 4 is 5.96 Å². The molecule has 13 heavy (non-hydrogen) atoms. The topological polar surface area (TPSA) is 67.6 Å². The molecule has 0 bridgehead atoms. The number of nitrogens with two attached hydrogens (primary N) is 2. The Balaban J connectivity index is 2.53. The predicted molar refractivity (Wildman–Crippen MR) is 55.1 cm³/mol. The first-order chi connectivity index (χ1) is 6.29. The van der Waals surface area contributed by atoms with Gasteiger partial charge in [0.2, 0.25) is 5.96 Å². The lowest BCUT2D eigenvalue weighted by Crippen LogP contribution is -2.45. The standard InChI is InChI=1S/C9H20N4/c1-2-13(9(10)12-11)8-6-4-3-5-7-8/h8H,2-7,11H2,1H3,(H2,10,12). The minimum absolute atomic E-state index is 0.481. The molecule has 4 nitrogen and oxygen atoms in total. The fraction of sp³-hybridized carbons (Fsp3) is 0.889. The van der Waals surface area contributed by atoms with Crippen molar-refractivity contribution in [3.63, 3.8) is 0 Å². The van der Waals surface area contributed by atoms with Crippen molar-refractivity contribution in [2.75, 3.05) is 6.54 Å². The van der Waals surface area contributed by atoms with Crippen LogP contribution >= 0.6 is 0 Å². The first-order valence-electron chi connectivity index (χ1n) is 5.09. The van der Waals surface area contributed by atoms with Gasteiger partial charge < -0.3 is 16.5 Å². The fourth-order valence-corrected chi connectivity index (χ4v) is 2.07. The van der Waals surface area contributed by atoms with Gasteiger partial charge in [0, 0.05) is 12.6 Å². The highest BCUT2D eigenvalue weighted by atomic mass is 15.3. The highest BCUT2D eigenvalue weighted by molar-refractivity contribution is 5.78. The number of guanidine groups is 1. The number of hydrogen-bond acceptors (Lipinski definition) is 2. The second-order valence-electron chi connectivity index (χ2n) is 3.57. The van der Waals surface area contributed by atoms with Gasteiger partial charge in [0.15, 0.2) is 0 Å². The summed E-state index contributed by atoms with van der Waals surface area (Å²) in [5.41, 5.74) is 5.71. The average molecular weight is 184 g/mol. The Morgan fingerprint density at radius 3 is 2.46 bits per heavy atom. The molecule has 1 aliphatic rings. The molecule has 0 amide bonds. The molecular weight excluding hydrogens is 164 g/mol. The highest BCUT2D eigenvalue weighted by Gasteiger charge is 2.20. The van der Waals surface area contributed by atoms with E-state index in [0.29, 0.717) is 12.0 Å². The van der Waals surface area contributed by atoms with E-state index in [0.717, 1.165) is 6.54 Å². The monoisotopic (exact) mass is 184 g/mol. The lowest BCUT2D eigenvalue weighted by atomic mass is 9.94. The number of hydrogen-bond donors (Lipinski definition) is 2. The fourth-order valence-electron chi connectivity index (χ4n) is 2.07. The molecule has 4 N–H and O–H groups in total. The van der Waals surface area contributed by atoms with Crippen LogP contribution in [0.3, 0.4) is 0 Å². The van der Waals surface area contributed by atoms with Gasteiger partial charge >= 0.3 is 0 Å². The molecule has 0 aromatic rings. The van der Waals surface area contributed by atoms with E-state index >= 15 is 0 Å². The Kier molecular flexibility index (Phi) is 3.86. The molecular formula is C9H20N4. The Morgan fingerprint density at radius 2 is 2.00 bits per heavy atom. The van der Waals surface area contributed by atoms with Gasteiger partial charge in [-0.1, -0.05) is 19.3 Å². The summed E-state index contributed by atoms with van der Waals surface area (Å²) in [5, 5.41) is 3.56. The third-order valence-corrected chi connectivity index (χ3v) is 2.78. The van der Waals surface area contributed by atoms with Crippen LogP contribution in [-0.2, 0) is 0 Å². The van der Waals surface area contributed by atoms with Crippen LogP contribution < -0.4 is 11.6 Å². The summed E-state index contributed by atoms with van der Waals surface area (Å²) in [6.07, 6.45) is 6.42. The molecule has 0 aromatic heterocycles. The van der Waals surface area contributed by atoms with E-state index in [1.807, 2.05) is 0 Å². The zero-order valence-electron chi connectivity index (χ0n) is 8.37. The zero-order chi connectivity index (χ0) is 9.68. The zero-order valence-corrected chi connectivity index (χ0v) is 8.37. The molecule has 0 saturated heterocycles. The summed E-state index contributed by atoms with van der Waals surface area (Å²) >= 11 is 0. The molecule has 0 aromatic carbocycles. The molecule has 0 radical (unpaired) electrons. The minimum Gasteiger partial charge on any atom is -0.368 e. The van der Waals surface area contributed by atoms with Crippen molar-refractivity contribution in [3.05, 3.63) is 0 Å². The Labute approximate surface area is 80.0 Å². The predicted octanol–water partition coefficient (Wildman–Crippen LogP) is 0.829. The molecule has 0 atom stereocenters. The number of rotatable bonds is 2. The summed E-state index contributed by atoms with van der Waals surface area (Å²) in [6.45, 7) is 2.99. The molecule has 0 unspecified atom stereocenters. The highest BCUT2D eigenvalue weighted by Crippen LogP contribution is 2.21.